The van der Waals surface area contributed by atoms with E-state index in [0.29, 0.717) is 5.01 Å². The molecule has 20 heavy (non-hydrogen) atoms. The predicted molar refractivity (Wildman–Crippen MR) is 76.4 cm³/mol. The van der Waals surface area contributed by atoms with Gasteiger partial charge in [0.2, 0.25) is 10.0 Å². The minimum absolute atomic E-state index is 0.171. The van der Waals surface area contributed by atoms with E-state index < -0.39 is 26.8 Å². The van der Waals surface area contributed by atoms with Crippen LogP contribution >= 0.6 is 11.3 Å². The van der Waals surface area contributed by atoms with Gasteiger partial charge in [0.15, 0.2) is 0 Å². The molecule has 0 amide bonds. The third-order valence-electron chi connectivity index (χ3n) is 2.58. The molecule has 108 valence electrons. The summed E-state index contributed by atoms with van der Waals surface area (Å²) in [6.45, 7) is 3.48. The van der Waals surface area contributed by atoms with Crippen molar-refractivity contribution in [3.63, 3.8) is 0 Å². The Hall–Kier alpha value is -1.51. The number of benzene rings is 1. The lowest BCUT2D eigenvalue weighted by Crippen LogP contribution is -2.27. The molecule has 5 nitrogen and oxygen atoms in total. The van der Waals surface area contributed by atoms with Crippen LogP contribution in [0, 0.1) is 12.7 Å². The smallest absolute Gasteiger partial charge is 0.244 e. The van der Waals surface area contributed by atoms with Crippen LogP contribution in [0.15, 0.2) is 28.5 Å². The molecule has 8 heteroatoms. The van der Waals surface area contributed by atoms with Gasteiger partial charge in [-0.2, -0.15) is 0 Å². The largest absolute Gasteiger partial charge is 0.399 e. The quantitative estimate of drug-likeness (QED) is 0.847. The number of anilines is 1. The average molecular weight is 315 g/mol. The number of hydrogen-bond acceptors (Lipinski definition) is 5. The van der Waals surface area contributed by atoms with Gasteiger partial charge in [-0.05, 0) is 32.0 Å². The van der Waals surface area contributed by atoms with Crippen LogP contribution in [-0.2, 0) is 10.0 Å². The second-order valence-corrected chi connectivity index (χ2v) is 6.93. The van der Waals surface area contributed by atoms with E-state index in [9.17, 15) is 12.8 Å². The van der Waals surface area contributed by atoms with Crippen LogP contribution in [0.4, 0.5) is 10.1 Å². The van der Waals surface area contributed by atoms with Crippen molar-refractivity contribution in [2.75, 3.05) is 5.73 Å². The van der Waals surface area contributed by atoms with Crippen molar-refractivity contribution in [1.82, 2.24) is 9.71 Å². The summed E-state index contributed by atoms with van der Waals surface area (Å²) in [5, 5.41) is 2.45. The summed E-state index contributed by atoms with van der Waals surface area (Å²) in [6.07, 6.45) is 0. The molecule has 2 rings (SSSR count). The number of nitrogens with zero attached hydrogens (tertiary/aromatic N) is 1. The highest BCUT2D eigenvalue weighted by Crippen LogP contribution is 2.22. The maximum absolute atomic E-state index is 13.7. The zero-order chi connectivity index (χ0) is 14.9. The molecule has 0 aliphatic rings. The zero-order valence-corrected chi connectivity index (χ0v) is 12.6. The molecule has 1 aromatic heterocycles. The van der Waals surface area contributed by atoms with Crippen molar-refractivity contribution >= 4 is 27.0 Å². The van der Waals surface area contributed by atoms with Crippen molar-refractivity contribution in [3.8, 4) is 0 Å². The third kappa shape index (κ3) is 3.14. The Kier molecular flexibility index (Phi) is 4.07. The van der Waals surface area contributed by atoms with E-state index in [1.165, 1.54) is 17.4 Å². The first kappa shape index (κ1) is 14.9. The van der Waals surface area contributed by atoms with Gasteiger partial charge in [0.1, 0.15) is 15.7 Å². The fraction of sp³-hybridized carbons (Fsp3) is 0.250. The van der Waals surface area contributed by atoms with Crippen LogP contribution in [0.25, 0.3) is 0 Å². The van der Waals surface area contributed by atoms with Gasteiger partial charge in [0, 0.05) is 16.8 Å². The number of thiazole rings is 1. The Bertz CT molecular complexity index is 728. The lowest BCUT2D eigenvalue weighted by molar-refractivity contribution is 0.546. The Morgan fingerprint density at radius 1 is 1.45 bits per heavy atom. The fourth-order valence-corrected chi connectivity index (χ4v) is 3.80. The van der Waals surface area contributed by atoms with Crippen LogP contribution in [0.1, 0.15) is 23.7 Å². The van der Waals surface area contributed by atoms with Crippen molar-refractivity contribution in [2.24, 2.45) is 0 Å². The molecule has 2 aromatic rings. The Morgan fingerprint density at radius 2 is 2.15 bits per heavy atom. The lowest BCUT2D eigenvalue weighted by atomic mass is 10.3. The molecule has 0 aliphatic heterocycles. The average Bonchev–Trinajstić information content (AvgIpc) is 2.74. The van der Waals surface area contributed by atoms with Gasteiger partial charge in [-0.1, -0.05) is 0 Å². The van der Waals surface area contributed by atoms with E-state index in [1.54, 1.807) is 6.92 Å². The van der Waals surface area contributed by atoms with Gasteiger partial charge < -0.3 is 5.73 Å². The second-order valence-electron chi connectivity index (χ2n) is 4.36. The molecule has 1 heterocycles. The summed E-state index contributed by atoms with van der Waals surface area (Å²) >= 11 is 1.35. The van der Waals surface area contributed by atoms with E-state index in [2.05, 4.69) is 9.71 Å². The molecule has 1 atom stereocenters. The van der Waals surface area contributed by atoms with Crippen molar-refractivity contribution in [2.45, 2.75) is 24.8 Å². The number of nitrogen functional groups attached to an aromatic ring is 1. The standard InChI is InChI=1S/C12H14FN3O2S2/c1-7-6-19-12(15-7)8(2)16-20(17,18)11-4-3-9(14)5-10(11)13/h3-6,8,16H,14H2,1-2H3. The first-order valence-corrected chi connectivity index (χ1v) is 8.15. The van der Waals surface area contributed by atoms with Gasteiger partial charge in [0.25, 0.3) is 0 Å². The summed E-state index contributed by atoms with van der Waals surface area (Å²) in [6, 6.07) is 2.94. The van der Waals surface area contributed by atoms with Crippen LogP contribution < -0.4 is 10.5 Å². The van der Waals surface area contributed by atoms with E-state index in [0.717, 1.165) is 17.8 Å². The summed E-state index contributed by atoms with van der Waals surface area (Å²) in [7, 11) is -3.96. The number of halogens is 1. The summed E-state index contributed by atoms with van der Waals surface area (Å²) in [4.78, 5) is 3.78. The second kappa shape index (κ2) is 5.47. The van der Waals surface area contributed by atoms with Gasteiger partial charge in [-0.3, -0.25) is 0 Å². The molecule has 0 saturated heterocycles. The molecule has 0 aliphatic carbocycles. The summed E-state index contributed by atoms with van der Waals surface area (Å²) < 4.78 is 40.4. The van der Waals surface area contributed by atoms with E-state index in [1.807, 2.05) is 12.3 Å². The molecule has 0 fully saturated rings. The highest BCUT2D eigenvalue weighted by Gasteiger charge is 2.23. The summed E-state index contributed by atoms with van der Waals surface area (Å²) in [5.74, 6) is -0.875. The number of sulfonamides is 1. The molecule has 1 unspecified atom stereocenters. The molecule has 1 aromatic carbocycles. The normalized spacial score (nSPS) is 13.3. The maximum Gasteiger partial charge on any atom is 0.244 e. The van der Waals surface area contributed by atoms with Crippen LogP contribution in [-0.4, -0.2) is 13.4 Å². The maximum atomic E-state index is 13.7. The number of aryl methyl sites for hydroxylation is 1. The van der Waals surface area contributed by atoms with Crippen molar-refractivity contribution < 1.29 is 12.8 Å². The first-order valence-electron chi connectivity index (χ1n) is 5.79. The molecule has 0 saturated carbocycles. The Balaban J connectivity index is 2.27. The fourth-order valence-electron chi connectivity index (χ4n) is 1.65. The molecule has 0 bridgehead atoms. The summed E-state index contributed by atoms with van der Waals surface area (Å²) in [5.41, 5.74) is 6.39. The monoisotopic (exact) mass is 315 g/mol. The Morgan fingerprint density at radius 3 is 2.70 bits per heavy atom. The molecular formula is C12H14FN3O2S2. The van der Waals surface area contributed by atoms with E-state index >= 15 is 0 Å². The first-order chi connectivity index (χ1) is 9.29. The number of rotatable bonds is 4. The number of nitrogens with two attached hydrogens (primary N) is 1. The van der Waals surface area contributed by atoms with Gasteiger partial charge in [-0.15, -0.1) is 11.3 Å². The molecule has 3 N–H and O–H groups in total. The highest BCUT2D eigenvalue weighted by atomic mass is 32.2. The molecular weight excluding hydrogens is 301 g/mol. The van der Waals surface area contributed by atoms with E-state index in [4.69, 9.17) is 5.73 Å². The minimum atomic E-state index is -3.96. The molecule has 0 radical (unpaired) electrons. The van der Waals surface area contributed by atoms with Gasteiger partial charge in [0.05, 0.1) is 6.04 Å². The van der Waals surface area contributed by atoms with E-state index in [-0.39, 0.29) is 5.69 Å². The van der Waals surface area contributed by atoms with Crippen LogP contribution in [0.5, 0.6) is 0 Å². The third-order valence-corrected chi connectivity index (χ3v) is 5.30. The Labute approximate surface area is 120 Å². The van der Waals surface area contributed by atoms with Crippen molar-refractivity contribution in [3.05, 3.63) is 40.1 Å². The SMILES string of the molecule is Cc1csc(C(C)NS(=O)(=O)c2ccc(N)cc2F)n1. The predicted octanol–water partition coefficient (Wildman–Crippen LogP) is 2.21. The number of aromatic nitrogens is 1. The van der Waals surface area contributed by atoms with Crippen LogP contribution in [0.2, 0.25) is 0 Å². The number of nitrogens with one attached hydrogen (secondary N) is 1. The van der Waals surface area contributed by atoms with Crippen LogP contribution in [0.3, 0.4) is 0 Å². The topological polar surface area (TPSA) is 85.1 Å². The van der Waals surface area contributed by atoms with Gasteiger partial charge >= 0.3 is 0 Å². The van der Waals surface area contributed by atoms with Gasteiger partial charge in [-0.25, -0.2) is 22.5 Å². The highest BCUT2D eigenvalue weighted by molar-refractivity contribution is 7.89. The minimum Gasteiger partial charge on any atom is -0.399 e. The molecule has 0 spiro atoms. The lowest BCUT2D eigenvalue weighted by Gasteiger charge is -2.12. The van der Waals surface area contributed by atoms with Crippen molar-refractivity contribution in [1.29, 1.82) is 0 Å². The number of hydrogen-bond donors (Lipinski definition) is 2. The zero-order valence-electron chi connectivity index (χ0n) is 10.9.